The average molecular weight is 400 g/mol. The van der Waals surface area contributed by atoms with E-state index in [1.807, 2.05) is 48.5 Å². The number of nitrogens with one attached hydrogen (secondary N) is 2. The minimum Gasteiger partial charge on any atom is -0.493 e. The van der Waals surface area contributed by atoms with Crippen molar-refractivity contribution in [2.45, 2.75) is 19.4 Å². The van der Waals surface area contributed by atoms with E-state index in [4.69, 9.17) is 4.74 Å². The summed E-state index contributed by atoms with van der Waals surface area (Å²) >= 11 is 0. The fourth-order valence-electron chi connectivity index (χ4n) is 3.47. The summed E-state index contributed by atoms with van der Waals surface area (Å²) in [5, 5.41) is 5.50. The molecule has 0 fully saturated rings. The van der Waals surface area contributed by atoms with Crippen molar-refractivity contribution >= 4 is 11.8 Å². The zero-order valence-corrected chi connectivity index (χ0v) is 16.7. The largest absolute Gasteiger partial charge is 0.493 e. The molecule has 1 aliphatic rings. The molecule has 3 aromatic carbocycles. The molecule has 0 spiro atoms. The number of rotatable bonds is 7. The minimum absolute atomic E-state index is 0.0268. The number of hydrogen-bond donors (Lipinski definition) is 2. The van der Waals surface area contributed by atoms with Crippen molar-refractivity contribution in [3.05, 3.63) is 89.5 Å². The Labute approximate surface area is 176 Å². The predicted octanol–water partition coefficient (Wildman–Crippen LogP) is 3.26. The topological polar surface area (TPSA) is 67.4 Å². The molecule has 0 atom stereocenters. The van der Waals surface area contributed by atoms with Crippen molar-refractivity contribution in [2.75, 3.05) is 13.2 Å². The number of hydrogen-bond acceptors (Lipinski definition) is 3. The smallest absolute Gasteiger partial charge is 0.239 e. The van der Waals surface area contributed by atoms with Gasteiger partial charge in [0, 0.05) is 13.0 Å². The van der Waals surface area contributed by atoms with Gasteiger partial charge in [-0.2, -0.15) is 0 Å². The highest BCUT2D eigenvalue weighted by molar-refractivity contribution is 5.85. The monoisotopic (exact) mass is 400 g/mol. The first-order valence-electron chi connectivity index (χ1n) is 10.1. The van der Waals surface area contributed by atoms with Crippen LogP contribution < -0.4 is 15.4 Å². The van der Waals surface area contributed by atoms with Crippen LogP contribution in [0.5, 0.6) is 5.75 Å². The van der Waals surface area contributed by atoms with Crippen molar-refractivity contribution in [2.24, 2.45) is 0 Å². The molecule has 2 N–H and O–H groups in total. The Balaban J connectivity index is 1.24. The molecule has 0 saturated heterocycles. The number of ether oxygens (including phenoxy) is 1. The highest BCUT2D eigenvalue weighted by atomic mass is 16.5. The second-order valence-electron chi connectivity index (χ2n) is 7.33. The molecule has 5 nitrogen and oxygen atoms in total. The third-order valence-electron chi connectivity index (χ3n) is 5.12. The summed E-state index contributed by atoms with van der Waals surface area (Å²) in [5.74, 6) is 0.605. The third-order valence-corrected chi connectivity index (χ3v) is 5.12. The van der Waals surface area contributed by atoms with Gasteiger partial charge in [-0.05, 0) is 39.9 Å². The second-order valence-corrected chi connectivity index (χ2v) is 7.33. The molecular formula is C25H24N2O3. The van der Waals surface area contributed by atoms with Crippen molar-refractivity contribution in [1.82, 2.24) is 10.6 Å². The predicted molar refractivity (Wildman–Crippen MR) is 116 cm³/mol. The Morgan fingerprint density at radius 2 is 1.57 bits per heavy atom. The number of amides is 2. The van der Waals surface area contributed by atoms with Crippen molar-refractivity contribution in [3.63, 3.8) is 0 Å². The van der Waals surface area contributed by atoms with Gasteiger partial charge in [-0.1, -0.05) is 60.7 Å². The van der Waals surface area contributed by atoms with E-state index in [0.717, 1.165) is 41.0 Å². The van der Waals surface area contributed by atoms with Crippen LogP contribution in [0.1, 0.15) is 16.7 Å². The van der Waals surface area contributed by atoms with Crippen LogP contribution in [0.4, 0.5) is 0 Å². The van der Waals surface area contributed by atoms with Gasteiger partial charge in [0.25, 0.3) is 0 Å². The molecule has 0 bridgehead atoms. The molecule has 2 amide bonds. The number of carbonyl (C=O) groups is 2. The molecule has 3 aromatic rings. The zero-order chi connectivity index (χ0) is 20.8. The van der Waals surface area contributed by atoms with E-state index in [9.17, 15) is 9.59 Å². The van der Waals surface area contributed by atoms with Crippen molar-refractivity contribution < 1.29 is 14.3 Å². The lowest BCUT2D eigenvalue weighted by molar-refractivity contribution is -0.125. The summed E-state index contributed by atoms with van der Waals surface area (Å²) < 4.78 is 5.56. The fraction of sp³-hybridized carbons (Fsp3) is 0.200. The van der Waals surface area contributed by atoms with Crippen LogP contribution in [0.25, 0.3) is 11.1 Å². The average Bonchev–Trinajstić information content (AvgIpc) is 3.25. The number of carbonyl (C=O) groups excluding carboxylic acids is 2. The lowest BCUT2D eigenvalue weighted by Crippen LogP contribution is -2.37. The van der Waals surface area contributed by atoms with Gasteiger partial charge >= 0.3 is 0 Å². The summed E-state index contributed by atoms with van der Waals surface area (Å²) in [6, 6.07) is 23.9. The molecule has 1 heterocycles. The Kier molecular flexibility index (Phi) is 6.09. The van der Waals surface area contributed by atoms with E-state index in [0.29, 0.717) is 6.54 Å². The lowest BCUT2D eigenvalue weighted by atomic mass is 10.0. The molecule has 5 heteroatoms. The molecule has 152 valence electrons. The van der Waals surface area contributed by atoms with E-state index in [1.54, 1.807) is 0 Å². The molecule has 0 unspecified atom stereocenters. The fourth-order valence-corrected chi connectivity index (χ4v) is 3.47. The molecule has 30 heavy (non-hydrogen) atoms. The maximum absolute atomic E-state index is 12.0. The number of benzene rings is 3. The highest BCUT2D eigenvalue weighted by Crippen LogP contribution is 2.30. The highest BCUT2D eigenvalue weighted by Gasteiger charge is 2.12. The van der Waals surface area contributed by atoms with Crippen LogP contribution in [0, 0.1) is 0 Å². The van der Waals surface area contributed by atoms with Crippen molar-refractivity contribution in [1.29, 1.82) is 0 Å². The van der Waals surface area contributed by atoms with E-state index in [1.165, 1.54) is 5.56 Å². The van der Waals surface area contributed by atoms with Gasteiger partial charge in [0.1, 0.15) is 5.75 Å². The first kappa shape index (κ1) is 19.7. The molecule has 0 saturated carbocycles. The van der Waals surface area contributed by atoms with Crippen LogP contribution in [-0.4, -0.2) is 25.0 Å². The summed E-state index contributed by atoms with van der Waals surface area (Å²) in [6.45, 7) is 1.15. The summed E-state index contributed by atoms with van der Waals surface area (Å²) in [5.41, 5.74) is 5.47. The zero-order valence-electron chi connectivity index (χ0n) is 16.7. The Bertz CT molecular complexity index is 1030. The van der Waals surface area contributed by atoms with E-state index < -0.39 is 0 Å². The van der Waals surface area contributed by atoms with E-state index in [2.05, 4.69) is 34.9 Å². The van der Waals surface area contributed by atoms with Gasteiger partial charge in [-0.25, -0.2) is 0 Å². The van der Waals surface area contributed by atoms with Gasteiger partial charge in [-0.15, -0.1) is 0 Å². The van der Waals surface area contributed by atoms with Gasteiger partial charge < -0.3 is 15.4 Å². The maximum atomic E-state index is 12.0. The van der Waals surface area contributed by atoms with E-state index >= 15 is 0 Å². The van der Waals surface area contributed by atoms with Gasteiger partial charge in [0.2, 0.25) is 11.8 Å². The molecule has 0 aromatic heterocycles. The quantitative estimate of drug-likeness (QED) is 0.640. The standard InChI is InChI=1S/C25H24N2O3/c28-24(14-18-4-2-1-3-5-18)27-17-25(29)26-16-19-6-8-20(9-7-19)21-10-11-23-22(15-21)12-13-30-23/h1-11,15H,12-14,16-17H2,(H,26,29)(H,27,28). The van der Waals surface area contributed by atoms with Crippen LogP contribution in [0.2, 0.25) is 0 Å². The SMILES string of the molecule is O=C(CNC(=O)Cc1ccccc1)NCc1ccc(-c2ccc3c(c2)CCO3)cc1. The summed E-state index contributed by atoms with van der Waals surface area (Å²) in [4.78, 5) is 24.0. The Hall–Kier alpha value is -3.60. The van der Waals surface area contributed by atoms with Crippen molar-refractivity contribution in [3.8, 4) is 16.9 Å². The first-order chi connectivity index (χ1) is 14.7. The van der Waals surface area contributed by atoms with Gasteiger partial charge in [-0.3, -0.25) is 9.59 Å². The molecule has 0 radical (unpaired) electrons. The van der Waals surface area contributed by atoms with Crippen LogP contribution in [0.3, 0.4) is 0 Å². The lowest BCUT2D eigenvalue weighted by Gasteiger charge is -2.09. The van der Waals surface area contributed by atoms with Crippen LogP contribution in [-0.2, 0) is 29.0 Å². The molecule has 1 aliphatic heterocycles. The molecular weight excluding hydrogens is 376 g/mol. The normalized spacial score (nSPS) is 12.0. The van der Waals surface area contributed by atoms with Crippen LogP contribution in [0.15, 0.2) is 72.8 Å². The Morgan fingerprint density at radius 3 is 2.37 bits per heavy atom. The summed E-state index contributed by atoms with van der Waals surface area (Å²) in [6.07, 6.45) is 1.22. The Morgan fingerprint density at radius 1 is 0.800 bits per heavy atom. The molecule has 0 aliphatic carbocycles. The molecule has 4 rings (SSSR count). The number of fused-ring (bicyclic) bond motifs is 1. The van der Waals surface area contributed by atoms with Gasteiger partial charge in [0.15, 0.2) is 0 Å². The maximum Gasteiger partial charge on any atom is 0.239 e. The second kappa shape index (κ2) is 9.27. The third kappa shape index (κ3) is 5.06. The first-order valence-corrected chi connectivity index (χ1v) is 10.1. The van der Waals surface area contributed by atoms with Gasteiger partial charge in [0.05, 0.1) is 19.6 Å². The van der Waals surface area contributed by atoms with E-state index in [-0.39, 0.29) is 24.8 Å². The summed E-state index contributed by atoms with van der Waals surface area (Å²) in [7, 11) is 0. The van der Waals surface area contributed by atoms with Crippen LogP contribution >= 0.6 is 0 Å². The minimum atomic E-state index is -0.209.